The first-order valence-corrected chi connectivity index (χ1v) is 24.7. The molecular weight excluding hydrogens is 959 g/mol. The van der Waals surface area contributed by atoms with Gasteiger partial charge in [0.2, 0.25) is 11.0 Å². The van der Waals surface area contributed by atoms with Crippen LogP contribution in [0.5, 0.6) is 17.4 Å². The summed E-state index contributed by atoms with van der Waals surface area (Å²) in [6.45, 7) is 1.37. The van der Waals surface area contributed by atoms with Gasteiger partial charge in [0.15, 0.2) is 11.4 Å². The summed E-state index contributed by atoms with van der Waals surface area (Å²) in [4.78, 5) is 2.69. The molecule has 7 aromatic rings. The number of phenols is 1. The molecule has 2 aromatic heterocycles. The van der Waals surface area contributed by atoms with E-state index in [1.54, 1.807) is 6.92 Å². The van der Waals surface area contributed by atoms with Crippen LogP contribution in [-0.4, -0.2) is 89.2 Å². The number of hydrogen-bond donors (Lipinski definition) is 6. The standard InChI is InChI=1S/C36H29N9O15S5/c1-19-16-28(30(60-14-3-15-62(48,49)50)17-27(19)41-44-36-38-25-4-2-5-31(33(25)61-36)64(54,55)56)42-39-24-12-11-23-22(32(24)46)10-13-26(34(23)65(57,58)59)40-43-29-18-37-45(35(29)47)20-6-8-21(9-7-20)63(51,52)53/h2,4-13,16-18,46-47H,3,14-15H2,1H3,(H,48,49,50)(H,51,52,53)(H,54,55,56)(H,57,58,59). The molecule has 0 aliphatic carbocycles. The average Bonchev–Trinajstić information content (AvgIpc) is 3.82. The van der Waals surface area contributed by atoms with Crippen molar-refractivity contribution in [2.45, 2.75) is 28.0 Å². The minimum atomic E-state index is -5.08. The lowest BCUT2D eigenvalue weighted by atomic mass is 10.1. The van der Waals surface area contributed by atoms with Crippen molar-refractivity contribution < 1.29 is 66.8 Å². The first-order valence-electron chi connectivity index (χ1n) is 17.9. The zero-order chi connectivity index (χ0) is 47.1. The Balaban J connectivity index is 1.19. The lowest BCUT2D eigenvalue weighted by molar-refractivity contribution is 0.317. The Bertz CT molecular complexity index is 3600. The van der Waals surface area contributed by atoms with Crippen LogP contribution >= 0.6 is 11.3 Å². The van der Waals surface area contributed by atoms with Crippen molar-refractivity contribution in [1.82, 2.24) is 14.8 Å². The zero-order valence-electron chi connectivity index (χ0n) is 32.6. The minimum absolute atomic E-state index is 0.0165. The maximum atomic E-state index is 12.7. The van der Waals surface area contributed by atoms with E-state index in [-0.39, 0.29) is 78.2 Å². The number of aromatic hydroxyl groups is 2. The molecule has 6 N–H and O–H groups in total. The molecule has 0 atom stereocenters. The summed E-state index contributed by atoms with van der Waals surface area (Å²) in [6, 6.07) is 16.2. The molecule has 0 radical (unpaired) electrons. The van der Waals surface area contributed by atoms with E-state index in [0.29, 0.717) is 5.56 Å². The molecule has 0 fully saturated rings. The third-order valence-electron chi connectivity index (χ3n) is 8.94. The molecule has 338 valence electrons. The molecule has 2 heterocycles. The van der Waals surface area contributed by atoms with Gasteiger partial charge < -0.3 is 14.9 Å². The van der Waals surface area contributed by atoms with E-state index in [1.807, 2.05) is 0 Å². The Morgan fingerprint density at radius 1 is 0.677 bits per heavy atom. The monoisotopic (exact) mass is 987 g/mol. The Hall–Kier alpha value is -6.70. The van der Waals surface area contributed by atoms with Gasteiger partial charge in [-0.1, -0.05) is 23.5 Å². The van der Waals surface area contributed by atoms with Crippen molar-refractivity contribution in [3.63, 3.8) is 0 Å². The van der Waals surface area contributed by atoms with E-state index >= 15 is 0 Å². The fourth-order valence-electron chi connectivity index (χ4n) is 5.98. The summed E-state index contributed by atoms with van der Waals surface area (Å²) in [7, 11) is -18.5. The van der Waals surface area contributed by atoms with Crippen LogP contribution in [0.4, 0.5) is 33.6 Å². The van der Waals surface area contributed by atoms with Crippen molar-refractivity contribution in [2.75, 3.05) is 12.4 Å². The predicted molar refractivity (Wildman–Crippen MR) is 230 cm³/mol. The Kier molecular flexibility index (Phi) is 12.6. The van der Waals surface area contributed by atoms with Gasteiger partial charge in [-0.2, -0.15) is 43.5 Å². The van der Waals surface area contributed by atoms with Crippen LogP contribution in [-0.2, 0) is 40.5 Å². The molecule has 0 amide bonds. The van der Waals surface area contributed by atoms with Gasteiger partial charge in [-0.3, -0.25) is 18.2 Å². The second-order valence-corrected chi connectivity index (χ2v) is 20.1. The third-order valence-corrected chi connectivity index (χ3v) is 13.6. The van der Waals surface area contributed by atoms with E-state index in [9.17, 15) is 57.5 Å². The minimum Gasteiger partial charge on any atom is -0.505 e. The first-order chi connectivity index (χ1) is 30.5. The highest BCUT2D eigenvalue weighted by Gasteiger charge is 2.23. The van der Waals surface area contributed by atoms with Gasteiger partial charge in [0.05, 0.1) is 45.0 Å². The van der Waals surface area contributed by atoms with E-state index in [0.717, 1.165) is 40.4 Å². The summed E-state index contributed by atoms with van der Waals surface area (Å²) >= 11 is 0.848. The quantitative estimate of drug-likeness (QED) is 0.0322. The zero-order valence-corrected chi connectivity index (χ0v) is 36.7. The number of phenolic OH excluding ortho intramolecular Hbond substituents is 1. The van der Waals surface area contributed by atoms with Gasteiger partial charge in [0, 0.05) is 16.8 Å². The number of aromatic nitrogens is 3. The molecule has 0 unspecified atom stereocenters. The maximum absolute atomic E-state index is 12.7. The molecule has 5 aromatic carbocycles. The topological polar surface area (TPSA) is 372 Å². The van der Waals surface area contributed by atoms with Crippen LogP contribution in [0.1, 0.15) is 12.0 Å². The van der Waals surface area contributed by atoms with Gasteiger partial charge in [0.25, 0.3) is 40.5 Å². The fraction of sp³-hybridized carbons (Fsp3) is 0.111. The second kappa shape index (κ2) is 17.7. The second-order valence-electron chi connectivity index (χ2n) is 13.4. The van der Waals surface area contributed by atoms with Crippen LogP contribution in [0.25, 0.3) is 26.7 Å². The molecule has 0 spiro atoms. The smallest absolute Gasteiger partial charge is 0.297 e. The van der Waals surface area contributed by atoms with Crippen LogP contribution in [0, 0.1) is 6.92 Å². The molecule has 29 heteroatoms. The van der Waals surface area contributed by atoms with Gasteiger partial charge in [-0.05, 0) is 79.6 Å². The largest absolute Gasteiger partial charge is 0.505 e. The molecule has 65 heavy (non-hydrogen) atoms. The van der Waals surface area contributed by atoms with Crippen molar-refractivity contribution in [2.24, 2.45) is 30.7 Å². The number of ether oxygens (including phenoxy) is 1. The number of benzene rings is 5. The van der Waals surface area contributed by atoms with E-state index < -0.39 is 73.3 Å². The Morgan fingerprint density at radius 2 is 1.32 bits per heavy atom. The maximum Gasteiger partial charge on any atom is 0.297 e. The number of fused-ring (bicyclic) bond motifs is 2. The molecular formula is C36H29N9O15S5. The van der Waals surface area contributed by atoms with Gasteiger partial charge in [0.1, 0.15) is 32.6 Å². The van der Waals surface area contributed by atoms with Gasteiger partial charge in [-0.25, -0.2) is 4.98 Å². The molecule has 0 saturated carbocycles. The highest BCUT2D eigenvalue weighted by molar-refractivity contribution is 7.86. The van der Waals surface area contributed by atoms with Crippen molar-refractivity contribution >= 4 is 106 Å². The molecule has 0 saturated heterocycles. The van der Waals surface area contributed by atoms with Crippen LogP contribution < -0.4 is 4.74 Å². The fourth-order valence-corrected chi connectivity index (χ4v) is 9.60. The molecule has 7 rings (SSSR count). The highest BCUT2D eigenvalue weighted by Crippen LogP contribution is 2.44. The summed E-state index contributed by atoms with van der Waals surface area (Å²) in [6.07, 6.45) is 0.907. The summed E-state index contributed by atoms with van der Waals surface area (Å²) in [5, 5.41) is 50.0. The van der Waals surface area contributed by atoms with Crippen molar-refractivity contribution in [3.05, 3.63) is 90.6 Å². The predicted octanol–water partition coefficient (Wildman–Crippen LogP) is 8.00. The SMILES string of the molecule is Cc1cc(N=Nc2ccc3c(S(=O)(=O)O)c(N=Nc4cnn(-c5ccc(S(=O)(=O)O)cc5)c4O)ccc3c2O)c(OCCCS(=O)(=O)O)cc1N=Nc1nc2cccc(S(=O)(=O)O)c2s1. The molecule has 24 nitrogen and oxygen atoms in total. The van der Waals surface area contributed by atoms with Crippen molar-refractivity contribution in [3.8, 4) is 23.1 Å². The van der Waals surface area contributed by atoms with Gasteiger partial charge >= 0.3 is 0 Å². The number of aryl methyl sites for hydroxylation is 1. The van der Waals surface area contributed by atoms with Crippen LogP contribution in [0.15, 0.2) is 130 Å². The van der Waals surface area contributed by atoms with E-state index in [2.05, 4.69) is 40.8 Å². The lowest BCUT2D eigenvalue weighted by Crippen LogP contribution is -2.08. The first kappa shape index (κ1) is 46.3. The number of azo groups is 3. The van der Waals surface area contributed by atoms with Crippen LogP contribution in [0.3, 0.4) is 0 Å². The van der Waals surface area contributed by atoms with Gasteiger partial charge in [-0.15, -0.1) is 30.7 Å². The highest BCUT2D eigenvalue weighted by atomic mass is 32.2. The number of nitrogens with zero attached hydrogens (tertiary/aromatic N) is 9. The van der Waals surface area contributed by atoms with Crippen molar-refractivity contribution in [1.29, 1.82) is 0 Å². The molecule has 0 aliphatic rings. The number of hydrogen-bond acceptors (Lipinski definition) is 20. The summed E-state index contributed by atoms with van der Waals surface area (Å²) in [5.74, 6) is -1.84. The summed E-state index contributed by atoms with van der Waals surface area (Å²) in [5.41, 5.74) is 0.152. The van der Waals surface area contributed by atoms with E-state index in [1.165, 1.54) is 60.7 Å². The molecule has 0 bridgehead atoms. The lowest BCUT2D eigenvalue weighted by Gasteiger charge is -2.11. The summed E-state index contributed by atoms with van der Waals surface area (Å²) < 4.78 is 140. The third kappa shape index (κ3) is 10.5. The number of thiazole rings is 1. The Labute approximate surface area is 371 Å². The normalized spacial score (nSPS) is 13.0. The number of rotatable bonds is 15. The average molecular weight is 988 g/mol. The Morgan fingerprint density at radius 3 is 2.00 bits per heavy atom. The van der Waals surface area contributed by atoms with Crippen LogP contribution in [0.2, 0.25) is 0 Å². The van der Waals surface area contributed by atoms with E-state index in [4.69, 9.17) is 9.29 Å². The molecule has 0 aliphatic heterocycles.